The average molecular weight is 670 g/mol. The van der Waals surface area contributed by atoms with E-state index >= 15 is 0 Å². The van der Waals surface area contributed by atoms with Crippen LogP contribution in [-0.2, 0) is 15.6 Å². The maximum Gasteiger partial charge on any atom is 0.413 e. The zero-order valence-corrected chi connectivity index (χ0v) is 32.4. The lowest BCUT2D eigenvalue weighted by atomic mass is 9.70. The van der Waals surface area contributed by atoms with Gasteiger partial charge in [0.05, 0.1) is 6.04 Å². The minimum absolute atomic E-state index is 0.0843. The van der Waals surface area contributed by atoms with Crippen LogP contribution in [0.25, 0.3) is 5.57 Å². The van der Waals surface area contributed by atoms with E-state index in [1.807, 2.05) is 49.4 Å². The van der Waals surface area contributed by atoms with Crippen LogP contribution in [0.2, 0.25) is 0 Å². The van der Waals surface area contributed by atoms with Crippen molar-refractivity contribution < 1.29 is 14.3 Å². The first kappa shape index (κ1) is 38.2. The van der Waals surface area contributed by atoms with Crippen LogP contribution in [0.15, 0.2) is 95.6 Å². The lowest BCUT2D eigenvalue weighted by molar-refractivity contribution is -0.114. The summed E-state index contributed by atoms with van der Waals surface area (Å²) in [6.45, 7) is 27.3. The predicted octanol–water partition coefficient (Wildman–Crippen LogP) is 11.4. The standard InChI is InChI=1S/C46H55NO3/c1-15-30-21-23-32(24-22-30)39(33-25-35(43(3,4)5)40(48)36(26-33)44(6,7)8)34-27-37(45(9,10)11)41(38(28-34)46(12,13)14)50-42(49)47-29(2)31-19-17-16-18-20-31/h1,16-29H,2-14H3,(H,47,49)/t29-/m1/s1. The number of nitrogens with one attached hydrogen (secondary N) is 1. The number of ether oxygens (including phenoxy) is 1. The summed E-state index contributed by atoms with van der Waals surface area (Å²) >= 11 is 0. The SMILES string of the molecule is C#Cc1ccc(C(=C2C=C(C(C)(C)C)C(=O)C(C(C)(C)C)=C2)c2cc(C(C)(C)C)c(OC(=O)N[C@H](C)c3ccccc3)c(C(C)(C)C)c2)cc1. The van der Waals surface area contributed by atoms with E-state index in [1.165, 1.54) is 0 Å². The molecule has 1 N–H and O–H groups in total. The van der Waals surface area contributed by atoms with Crippen LogP contribution >= 0.6 is 0 Å². The summed E-state index contributed by atoms with van der Waals surface area (Å²) in [4.78, 5) is 27.6. The summed E-state index contributed by atoms with van der Waals surface area (Å²) in [5, 5.41) is 3.04. The Kier molecular flexibility index (Phi) is 10.7. The number of amides is 1. The van der Waals surface area contributed by atoms with Crippen molar-refractivity contribution in [2.45, 2.75) is 107 Å². The molecule has 0 radical (unpaired) electrons. The van der Waals surface area contributed by atoms with E-state index in [0.29, 0.717) is 5.75 Å². The largest absolute Gasteiger partial charge is 0.413 e. The fraction of sp³-hybridized carbons (Fsp3) is 0.391. The number of terminal acetylenes is 1. The quantitative estimate of drug-likeness (QED) is 0.275. The maximum absolute atomic E-state index is 14.0. The molecule has 1 amide bonds. The van der Waals surface area contributed by atoms with E-state index in [2.05, 4.69) is 131 Å². The number of allylic oxidation sites excluding steroid dienone is 5. The second-order valence-corrected chi connectivity index (χ2v) is 17.6. The van der Waals surface area contributed by atoms with Gasteiger partial charge in [-0.1, -0.05) is 131 Å². The number of hydrogen-bond donors (Lipinski definition) is 1. The molecule has 0 heterocycles. The molecule has 1 aliphatic rings. The number of carbonyl (C=O) groups excluding carboxylic acids is 2. The molecule has 50 heavy (non-hydrogen) atoms. The van der Waals surface area contributed by atoms with Crippen LogP contribution in [0.4, 0.5) is 4.79 Å². The highest BCUT2D eigenvalue weighted by molar-refractivity contribution is 6.12. The predicted molar refractivity (Wildman–Crippen MR) is 208 cm³/mol. The van der Waals surface area contributed by atoms with Gasteiger partial charge >= 0.3 is 6.09 Å². The molecule has 1 atom stereocenters. The van der Waals surface area contributed by atoms with Gasteiger partial charge in [-0.3, -0.25) is 4.79 Å². The molecule has 0 saturated heterocycles. The van der Waals surface area contributed by atoms with Crippen LogP contribution in [0.3, 0.4) is 0 Å². The third-order valence-corrected chi connectivity index (χ3v) is 9.16. The normalized spacial score (nSPS) is 14.7. The summed E-state index contributed by atoms with van der Waals surface area (Å²) in [6.07, 6.45) is 9.40. The Balaban J connectivity index is 2.06. The molecule has 0 spiro atoms. The van der Waals surface area contributed by atoms with Gasteiger partial charge in [0, 0.05) is 27.8 Å². The molecule has 0 aromatic heterocycles. The highest BCUT2D eigenvalue weighted by atomic mass is 16.6. The van der Waals surface area contributed by atoms with Crippen molar-refractivity contribution in [1.82, 2.24) is 5.32 Å². The summed E-state index contributed by atoms with van der Waals surface area (Å²) in [5.41, 5.74) is 7.51. The monoisotopic (exact) mass is 669 g/mol. The van der Waals surface area contributed by atoms with Gasteiger partial charge in [-0.05, 0) is 92.8 Å². The summed E-state index contributed by atoms with van der Waals surface area (Å²) in [5.74, 6) is 3.39. The Bertz CT molecular complexity index is 1830. The number of benzene rings is 3. The van der Waals surface area contributed by atoms with Gasteiger partial charge < -0.3 is 10.1 Å². The van der Waals surface area contributed by atoms with Crippen molar-refractivity contribution in [1.29, 1.82) is 0 Å². The Hall–Kier alpha value is -4.62. The first-order valence-electron chi connectivity index (χ1n) is 17.6. The van der Waals surface area contributed by atoms with Crippen molar-refractivity contribution in [2.24, 2.45) is 10.8 Å². The first-order valence-corrected chi connectivity index (χ1v) is 17.6. The van der Waals surface area contributed by atoms with Crippen LogP contribution in [0, 0.1) is 23.2 Å². The fourth-order valence-electron chi connectivity index (χ4n) is 6.24. The first-order chi connectivity index (χ1) is 23.0. The number of rotatable bonds is 5. The number of ketones is 1. The third kappa shape index (κ3) is 8.56. The maximum atomic E-state index is 14.0. The van der Waals surface area contributed by atoms with Crippen LogP contribution in [0.5, 0.6) is 5.75 Å². The smallest absolute Gasteiger partial charge is 0.410 e. The summed E-state index contributed by atoms with van der Waals surface area (Å²) < 4.78 is 6.32. The van der Waals surface area contributed by atoms with Gasteiger partial charge in [-0.15, -0.1) is 6.42 Å². The molecule has 0 unspecified atom stereocenters. The molecule has 3 aromatic rings. The van der Waals surface area contributed by atoms with E-state index in [9.17, 15) is 9.59 Å². The van der Waals surface area contributed by atoms with Gasteiger partial charge in [0.25, 0.3) is 0 Å². The lowest BCUT2D eigenvalue weighted by Gasteiger charge is -2.33. The van der Waals surface area contributed by atoms with E-state index < -0.39 is 6.09 Å². The molecule has 0 fully saturated rings. The van der Waals surface area contributed by atoms with Gasteiger partial charge in [-0.2, -0.15) is 0 Å². The molecular formula is C46H55NO3. The Labute approximate surface area is 301 Å². The zero-order valence-electron chi connectivity index (χ0n) is 32.4. The molecule has 262 valence electrons. The molecule has 0 bridgehead atoms. The second kappa shape index (κ2) is 13.9. The highest BCUT2D eigenvalue weighted by Crippen LogP contribution is 2.46. The van der Waals surface area contributed by atoms with Crippen molar-refractivity contribution in [3.63, 3.8) is 0 Å². The Morgan fingerprint density at radius 2 is 1.18 bits per heavy atom. The van der Waals surface area contributed by atoms with Crippen LogP contribution < -0.4 is 10.1 Å². The molecule has 4 heteroatoms. The number of hydrogen-bond acceptors (Lipinski definition) is 3. The zero-order chi connectivity index (χ0) is 37.4. The molecule has 0 aliphatic heterocycles. The second-order valence-electron chi connectivity index (χ2n) is 17.6. The van der Waals surface area contributed by atoms with Gasteiger partial charge in [0.2, 0.25) is 0 Å². The summed E-state index contributed by atoms with van der Waals surface area (Å²) in [6, 6.07) is 22.0. The van der Waals surface area contributed by atoms with Crippen LogP contribution in [0.1, 0.15) is 129 Å². The van der Waals surface area contributed by atoms with E-state index in [0.717, 1.165) is 55.7 Å². The average Bonchev–Trinajstić information content (AvgIpc) is 3.00. The molecule has 1 aliphatic carbocycles. The molecular weight excluding hydrogens is 615 g/mol. The summed E-state index contributed by atoms with van der Waals surface area (Å²) in [7, 11) is 0. The van der Waals surface area contributed by atoms with E-state index in [-0.39, 0.29) is 33.5 Å². The van der Waals surface area contributed by atoms with Gasteiger partial charge in [-0.25, -0.2) is 4.79 Å². The third-order valence-electron chi connectivity index (χ3n) is 9.16. The molecule has 4 rings (SSSR count). The van der Waals surface area contributed by atoms with Crippen molar-refractivity contribution in [3.05, 3.63) is 129 Å². The van der Waals surface area contributed by atoms with Gasteiger partial charge in [0.15, 0.2) is 5.78 Å². The Morgan fingerprint density at radius 3 is 1.60 bits per heavy atom. The molecule has 4 nitrogen and oxygen atoms in total. The van der Waals surface area contributed by atoms with Crippen LogP contribution in [-0.4, -0.2) is 11.9 Å². The lowest BCUT2D eigenvalue weighted by Crippen LogP contribution is -2.31. The molecule has 0 saturated carbocycles. The fourth-order valence-corrected chi connectivity index (χ4v) is 6.24. The van der Waals surface area contributed by atoms with Crippen molar-refractivity contribution >= 4 is 17.4 Å². The number of Topliss-reactive ketones (excluding diaryl/α,β-unsaturated/α-hetero) is 1. The Morgan fingerprint density at radius 1 is 0.700 bits per heavy atom. The number of carbonyl (C=O) groups is 2. The minimum Gasteiger partial charge on any atom is -0.410 e. The highest BCUT2D eigenvalue weighted by Gasteiger charge is 2.36. The minimum atomic E-state index is -0.505. The van der Waals surface area contributed by atoms with E-state index in [4.69, 9.17) is 11.2 Å². The van der Waals surface area contributed by atoms with Crippen molar-refractivity contribution in [2.75, 3.05) is 0 Å². The molecule has 3 aromatic carbocycles. The topological polar surface area (TPSA) is 55.4 Å². The van der Waals surface area contributed by atoms with Crippen molar-refractivity contribution in [3.8, 4) is 18.1 Å². The van der Waals surface area contributed by atoms with Gasteiger partial charge in [0.1, 0.15) is 5.75 Å². The van der Waals surface area contributed by atoms with E-state index in [1.54, 1.807) is 0 Å².